The van der Waals surface area contributed by atoms with Gasteiger partial charge in [0.2, 0.25) is 11.8 Å². The van der Waals surface area contributed by atoms with E-state index >= 15 is 0 Å². The average molecular weight is 551 g/mol. The predicted molar refractivity (Wildman–Crippen MR) is 156 cm³/mol. The molecule has 0 saturated heterocycles. The molecule has 0 spiro atoms. The van der Waals surface area contributed by atoms with Crippen molar-refractivity contribution in [3.63, 3.8) is 0 Å². The summed E-state index contributed by atoms with van der Waals surface area (Å²) in [5, 5.41) is 7.92. The van der Waals surface area contributed by atoms with Crippen molar-refractivity contribution in [2.24, 2.45) is 5.92 Å². The van der Waals surface area contributed by atoms with Crippen molar-refractivity contribution in [1.29, 1.82) is 0 Å². The van der Waals surface area contributed by atoms with Gasteiger partial charge in [-0.25, -0.2) is 4.79 Å². The van der Waals surface area contributed by atoms with Gasteiger partial charge in [0.25, 0.3) is 0 Å². The number of amides is 2. The molecule has 1 unspecified atom stereocenters. The van der Waals surface area contributed by atoms with Gasteiger partial charge in [-0.3, -0.25) is 9.59 Å². The van der Waals surface area contributed by atoms with Crippen molar-refractivity contribution in [3.8, 4) is 11.1 Å². The Morgan fingerprint density at radius 1 is 1.05 bits per heavy atom. The Morgan fingerprint density at radius 3 is 2.50 bits per heavy atom. The number of hydrogen-bond acceptors (Lipinski definition) is 6. The second-order valence-electron chi connectivity index (χ2n) is 9.54. The van der Waals surface area contributed by atoms with Crippen LogP contribution < -0.4 is 10.6 Å². The van der Waals surface area contributed by atoms with Crippen molar-refractivity contribution in [2.75, 3.05) is 17.2 Å². The maximum atomic E-state index is 13.2. The van der Waals surface area contributed by atoms with Crippen LogP contribution in [0.4, 0.5) is 10.7 Å². The SMILES string of the molecule is CCOC(=O)c1c(-c2ccc(C)cc2)csc1NC(=O)C(C)Sc1cccc(NC(=O)C2CCCCC2)c1. The monoisotopic (exact) mass is 550 g/mol. The molecule has 1 heterocycles. The highest BCUT2D eigenvalue weighted by atomic mass is 32.2. The average Bonchev–Trinajstić information content (AvgIpc) is 3.33. The molecule has 1 aliphatic carbocycles. The number of thiophene rings is 1. The van der Waals surface area contributed by atoms with Crippen LogP contribution in [-0.4, -0.2) is 29.6 Å². The van der Waals surface area contributed by atoms with E-state index in [2.05, 4.69) is 10.6 Å². The summed E-state index contributed by atoms with van der Waals surface area (Å²) in [5.74, 6) is -0.518. The summed E-state index contributed by atoms with van der Waals surface area (Å²) >= 11 is 2.72. The number of anilines is 2. The maximum absolute atomic E-state index is 13.2. The molecule has 1 aromatic heterocycles. The van der Waals surface area contributed by atoms with Gasteiger partial charge in [-0.2, -0.15) is 0 Å². The van der Waals surface area contributed by atoms with Crippen LogP contribution in [0.25, 0.3) is 11.1 Å². The topological polar surface area (TPSA) is 84.5 Å². The lowest BCUT2D eigenvalue weighted by Gasteiger charge is -2.21. The van der Waals surface area contributed by atoms with Gasteiger partial charge in [-0.15, -0.1) is 23.1 Å². The number of hydrogen-bond donors (Lipinski definition) is 2. The summed E-state index contributed by atoms with van der Waals surface area (Å²) in [6.07, 6.45) is 5.31. The maximum Gasteiger partial charge on any atom is 0.341 e. The Hall–Kier alpha value is -3.10. The minimum Gasteiger partial charge on any atom is -0.462 e. The van der Waals surface area contributed by atoms with Crippen LogP contribution in [-0.2, 0) is 14.3 Å². The fourth-order valence-corrected chi connectivity index (χ4v) is 6.42. The van der Waals surface area contributed by atoms with E-state index in [9.17, 15) is 14.4 Å². The fraction of sp³-hybridized carbons (Fsp3) is 0.367. The van der Waals surface area contributed by atoms with Crippen molar-refractivity contribution in [3.05, 3.63) is 65.0 Å². The van der Waals surface area contributed by atoms with E-state index in [0.717, 1.165) is 53.0 Å². The summed E-state index contributed by atoms with van der Waals surface area (Å²) in [5.41, 5.74) is 3.87. The van der Waals surface area contributed by atoms with Gasteiger partial charge in [0.1, 0.15) is 10.6 Å². The fourth-order valence-electron chi connectivity index (χ4n) is 4.53. The van der Waals surface area contributed by atoms with E-state index < -0.39 is 11.2 Å². The molecular formula is C30H34N2O4S2. The number of ether oxygens (including phenoxy) is 1. The molecule has 4 rings (SSSR count). The van der Waals surface area contributed by atoms with Gasteiger partial charge in [0.05, 0.1) is 11.9 Å². The van der Waals surface area contributed by atoms with Crippen LogP contribution in [0.5, 0.6) is 0 Å². The van der Waals surface area contributed by atoms with Crippen molar-refractivity contribution >= 4 is 51.6 Å². The predicted octanol–water partition coefficient (Wildman–Crippen LogP) is 7.54. The van der Waals surface area contributed by atoms with E-state index in [4.69, 9.17) is 4.74 Å². The number of rotatable bonds is 9. The Morgan fingerprint density at radius 2 is 1.79 bits per heavy atom. The normalized spacial score (nSPS) is 14.5. The molecule has 1 saturated carbocycles. The number of thioether (sulfide) groups is 1. The molecule has 6 nitrogen and oxygen atoms in total. The number of carbonyl (C=O) groups is 3. The van der Waals surface area contributed by atoms with E-state index in [1.807, 2.05) is 67.8 Å². The van der Waals surface area contributed by atoms with Crippen LogP contribution in [0, 0.1) is 12.8 Å². The zero-order valence-electron chi connectivity index (χ0n) is 22.0. The van der Waals surface area contributed by atoms with Crippen LogP contribution >= 0.6 is 23.1 Å². The van der Waals surface area contributed by atoms with Gasteiger partial charge in [-0.05, 0) is 57.4 Å². The smallest absolute Gasteiger partial charge is 0.341 e. The Balaban J connectivity index is 1.45. The third-order valence-corrected chi connectivity index (χ3v) is 8.62. The summed E-state index contributed by atoms with van der Waals surface area (Å²) in [6, 6.07) is 15.5. The molecule has 38 heavy (non-hydrogen) atoms. The molecule has 1 atom stereocenters. The van der Waals surface area contributed by atoms with Crippen LogP contribution in [0.2, 0.25) is 0 Å². The summed E-state index contributed by atoms with van der Waals surface area (Å²) in [4.78, 5) is 39.6. The second-order valence-corrected chi connectivity index (χ2v) is 11.8. The zero-order chi connectivity index (χ0) is 27.1. The highest BCUT2D eigenvalue weighted by molar-refractivity contribution is 8.00. The molecule has 2 aromatic carbocycles. The first-order chi connectivity index (χ1) is 18.4. The highest BCUT2D eigenvalue weighted by Gasteiger charge is 2.25. The quantitative estimate of drug-likeness (QED) is 0.212. The van der Waals surface area contributed by atoms with Gasteiger partial charge >= 0.3 is 5.97 Å². The van der Waals surface area contributed by atoms with Gasteiger partial charge in [0.15, 0.2) is 0 Å². The second kappa shape index (κ2) is 13.1. The minimum absolute atomic E-state index is 0.0752. The number of aryl methyl sites for hydroxylation is 1. The molecule has 8 heteroatoms. The minimum atomic E-state index is -0.457. The summed E-state index contributed by atoms with van der Waals surface area (Å²) < 4.78 is 5.32. The standard InChI is InChI=1S/C30H34N2O4S2/c1-4-36-30(35)26-25(21-15-13-19(2)14-16-21)18-37-29(26)32-27(33)20(3)38-24-12-8-11-23(17-24)31-28(34)22-9-6-5-7-10-22/h8,11-18,20,22H,4-7,9-10H2,1-3H3,(H,31,34)(H,32,33). The lowest BCUT2D eigenvalue weighted by Crippen LogP contribution is -2.24. The Kier molecular flexibility index (Phi) is 9.63. The van der Waals surface area contributed by atoms with E-state index in [1.54, 1.807) is 6.92 Å². The molecular weight excluding hydrogens is 516 g/mol. The van der Waals surface area contributed by atoms with Gasteiger partial charge in [-0.1, -0.05) is 55.2 Å². The van der Waals surface area contributed by atoms with Gasteiger partial charge in [0, 0.05) is 27.4 Å². The van der Waals surface area contributed by atoms with E-state index in [0.29, 0.717) is 10.6 Å². The largest absolute Gasteiger partial charge is 0.462 e. The molecule has 0 aliphatic heterocycles. The third-order valence-electron chi connectivity index (χ3n) is 6.63. The van der Waals surface area contributed by atoms with Crippen LogP contribution in [0.3, 0.4) is 0 Å². The van der Waals surface area contributed by atoms with Crippen molar-refractivity contribution in [2.45, 2.75) is 63.0 Å². The van der Waals surface area contributed by atoms with E-state index in [1.165, 1.54) is 29.5 Å². The molecule has 200 valence electrons. The number of carbonyl (C=O) groups excluding carboxylic acids is 3. The van der Waals surface area contributed by atoms with Gasteiger partial charge < -0.3 is 15.4 Å². The molecule has 2 N–H and O–H groups in total. The van der Waals surface area contributed by atoms with Crippen LogP contribution in [0.1, 0.15) is 61.9 Å². The Bertz CT molecular complexity index is 1280. The molecule has 1 fully saturated rings. The molecule has 0 radical (unpaired) electrons. The van der Waals surface area contributed by atoms with Crippen molar-refractivity contribution < 1.29 is 19.1 Å². The molecule has 2 amide bonds. The van der Waals surface area contributed by atoms with E-state index in [-0.39, 0.29) is 24.3 Å². The van der Waals surface area contributed by atoms with Crippen LogP contribution in [0.15, 0.2) is 58.8 Å². The summed E-state index contributed by atoms with van der Waals surface area (Å²) in [6.45, 7) is 5.84. The third kappa shape index (κ3) is 7.05. The highest BCUT2D eigenvalue weighted by Crippen LogP contribution is 2.37. The summed E-state index contributed by atoms with van der Waals surface area (Å²) in [7, 11) is 0. The zero-order valence-corrected chi connectivity index (χ0v) is 23.7. The molecule has 0 bridgehead atoms. The number of nitrogens with one attached hydrogen (secondary N) is 2. The number of esters is 1. The first-order valence-corrected chi connectivity index (χ1v) is 14.9. The lowest BCUT2D eigenvalue weighted by molar-refractivity contribution is -0.120. The lowest BCUT2D eigenvalue weighted by atomic mass is 9.88. The Labute approximate surface area is 232 Å². The first kappa shape index (κ1) is 27.9. The number of benzene rings is 2. The molecule has 1 aliphatic rings. The first-order valence-electron chi connectivity index (χ1n) is 13.1. The van der Waals surface area contributed by atoms with Crippen molar-refractivity contribution in [1.82, 2.24) is 0 Å². The molecule has 3 aromatic rings.